The molecule has 1 fully saturated rings. The Morgan fingerprint density at radius 2 is 1.79 bits per heavy atom. The second kappa shape index (κ2) is 8.76. The molecule has 0 saturated heterocycles. The minimum atomic E-state index is -1.44. The molecule has 3 aromatic rings. The lowest BCUT2D eigenvalue weighted by Gasteiger charge is -2.36. The number of fused-ring (bicyclic) bond motifs is 5. The lowest BCUT2D eigenvalue weighted by Crippen LogP contribution is -2.49. The van der Waals surface area contributed by atoms with Gasteiger partial charge in [-0.2, -0.15) is 0 Å². The molecule has 2 aliphatic carbocycles. The van der Waals surface area contributed by atoms with Gasteiger partial charge in [0.25, 0.3) is 5.69 Å². The number of hydrogen-bond acceptors (Lipinski definition) is 7. The fourth-order valence-corrected chi connectivity index (χ4v) is 7.27. The SMILES string of the molecule is CCOC(=O)C1C2c3ccc([N+](=O)[O-])cc3C(=O)C2C(c2ccccc2)C12C(=O)N(C)c1cc(OC)ccc12. The number of ether oxygens (including phenoxy) is 2. The highest BCUT2D eigenvalue weighted by molar-refractivity contribution is 6.15. The van der Waals surface area contributed by atoms with Gasteiger partial charge in [-0.05, 0) is 29.7 Å². The molecule has 0 bridgehead atoms. The Bertz CT molecular complexity index is 1550. The Hall–Kier alpha value is -4.53. The van der Waals surface area contributed by atoms with Crippen molar-refractivity contribution in [1.29, 1.82) is 0 Å². The average molecular weight is 527 g/mol. The van der Waals surface area contributed by atoms with Gasteiger partial charge >= 0.3 is 5.97 Å². The third kappa shape index (κ3) is 3.16. The largest absolute Gasteiger partial charge is 0.497 e. The first-order chi connectivity index (χ1) is 18.8. The van der Waals surface area contributed by atoms with E-state index in [1.807, 2.05) is 30.3 Å². The Kier molecular flexibility index (Phi) is 5.57. The first-order valence-corrected chi connectivity index (χ1v) is 12.8. The molecule has 39 heavy (non-hydrogen) atoms. The lowest BCUT2D eigenvalue weighted by atomic mass is 9.63. The van der Waals surface area contributed by atoms with E-state index in [0.29, 0.717) is 22.6 Å². The van der Waals surface area contributed by atoms with E-state index in [1.165, 1.54) is 24.1 Å². The number of hydrogen-bond donors (Lipinski definition) is 0. The van der Waals surface area contributed by atoms with Crippen molar-refractivity contribution in [2.24, 2.45) is 11.8 Å². The molecule has 0 aromatic heterocycles. The van der Waals surface area contributed by atoms with Gasteiger partial charge in [0.15, 0.2) is 5.78 Å². The molecule has 3 aliphatic rings. The molecular formula is C30H26N2O7. The van der Waals surface area contributed by atoms with Crippen LogP contribution in [0.4, 0.5) is 11.4 Å². The van der Waals surface area contributed by atoms with Crippen molar-refractivity contribution in [3.63, 3.8) is 0 Å². The smallest absolute Gasteiger partial charge is 0.311 e. The lowest BCUT2D eigenvalue weighted by molar-refractivity contribution is -0.384. The molecule has 3 aromatic carbocycles. The Labute approximate surface area is 224 Å². The van der Waals surface area contributed by atoms with Crippen LogP contribution in [0.15, 0.2) is 66.7 Å². The van der Waals surface area contributed by atoms with Crippen molar-refractivity contribution in [3.8, 4) is 5.75 Å². The molecule has 1 saturated carbocycles. The van der Waals surface area contributed by atoms with Crippen LogP contribution in [0.5, 0.6) is 5.75 Å². The third-order valence-electron chi connectivity index (χ3n) is 8.63. The fraction of sp³-hybridized carbons (Fsp3) is 0.300. The van der Waals surface area contributed by atoms with E-state index in [1.54, 1.807) is 38.2 Å². The number of carbonyl (C=O) groups excluding carboxylic acids is 3. The quantitative estimate of drug-likeness (QED) is 0.275. The van der Waals surface area contributed by atoms with Crippen LogP contribution < -0.4 is 9.64 Å². The maximum absolute atomic E-state index is 14.6. The Balaban J connectivity index is 1.70. The highest BCUT2D eigenvalue weighted by Crippen LogP contribution is 2.70. The van der Waals surface area contributed by atoms with Crippen molar-refractivity contribution in [2.75, 3.05) is 25.7 Å². The van der Waals surface area contributed by atoms with Crippen LogP contribution in [0.3, 0.4) is 0 Å². The van der Waals surface area contributed by atoms with Crippen molar-refractivity contribution in [2.45, 2.75) is 24.2 Å². The summed E-state index contributed by atoms with van der Waals surface area (Å²) in [7, 11) is 3.20. The van der Waals surface area contributed by atoms with Gasteiger partial charge in [0.05, 0.1) is 35.7 Å². The minimum Gasteiger partial charge on any atom is -0.497 e. The summed E-state index contributed by atoms with van der Waals surface area (Å²) in [5.74, 6) is -3.89. The van der Waals surface area contributed by atoms with Crippen molar-refractivity contribution >= 4 is 29.0 Å². The number of anilines is 1. The van der Waals surface area contributed by atoms with Crippen molar-refractivity contribution in [1.82, 2.24) is 0 Å². The zero-order valence-corrected chi connectivity index (χ0v) is 21.6. The fourth-order valence-electron chi connectivity index (χ4n) is 7.27. The third-order valence-corrected chi connectivity index (χ3v) is 8.63. The number of ketones is 1. The van der Waals surface area contributed by atoms with Crippen molar-refractivity contribution < 1.29 is 28.8 Å². The highest BCUT2D eigenvalue weighted by atomic mass is 16.6. The maximum atomic E-state index is 14.6. The van der Waals surface area contributed by atoms with Crippen LogP contribution in [-0.4, -0.2) is 43.3 Å². The monoisotopic (exact) mass is 526 g/mol. The first kappa shape index (κ1) is 24.8. The highest BCUT2D eigenvalue weighted by Gasteiger charge is 2.74. The van der Waals surface area contributed by atoms with Crippen molar-refractivity contribution in [3.05, 3.63) is 99.1 Å². The predicted octanol–water partition coefficient (Wildman–Crippen LogP) is 4.39. The molecule has 5 atom stereocenters. The number of non-ortho nitro benzene ring substituents is 1. The van der Waals surface area contributed by atoms with Gasteiger partial charge in [0.1, 0.15) is 5.75 Å². The van der Waals surface area contributed by atoms with Gasteiger partial charge in [-0.3, -0.25) is 24.5 Å². The Morgan fingerprint density at radius 1 is 1.05 bits per heavy atom. The molecular weight excluding hydrogens is 500 g/mol. The van der Waals surface area contributed by atoms with E-state index in [4.69, 9.17) is 9.47 Å². The first-order valence-electron chi connectivity index (χ1n) is 12.8. The topological polar surface area (TPSA) is 116 Å². The molecule has 1 amide bonds. The van der Waals surface area contributed by atoms with Crippen LogP contribution in [0.2, 0.25) is 0 Å². The number of amides is 1. The number of esters is 1. The summed E-state index contributed by atoms with van der Waals surface area (Å²) >= 11 is 0. The summed E-state index contributed by atoms with van der Waals surface area (Å²) in [6, 6.07) is 18.8. The number of methoxy groups -OCH3 is 1. The molecule has 198 valence electrons. The number of nitrogens with zero attached hydrogens (tertiary/aromatic N) is 2. The normalized spacial score (nSPS) is 26.4. The maximum Gasteiger partial charge on any atom is 0.311 e. The second-order valence-corrected chi connectivity index (χ2v) is 10.2. The molecule has 6 rings (SSSR count). The van der Waals surface area contributed by atoms with Crippen LogP contribution in [0, 0.1) is 22.0 Å². The van der Waals surface area contributed by atoms with Crippen LogP contribution in [0.1, 0.15) is 45.8 Å². The van der Waals surface area contributed by atoms with Crippen LogP contribution in [0.25, 0.3) is 0 Å². The molecule has 1 spiro atoms. The van der Waals surface area contributed by atoms with Gasteiger partial charge in [-0.1, -0.05) is 42.5 Å². The summed E-state index contributed by atoms with van der Waals surface area (Å²) in [6.07, 6.45) is 0. The summed E-state index contributed by atoms with van der Waals surface area (Å²) in [6.45, 7) is 1.80. The second-order valence-electron chi connectivity index (χ2n) is 10.2. The van der Waals surface area contributed by atoms with E-state index in [-0.39, 0.29) is 29.5 Å². The number of rotatable bonds is 5. The molecule has 9 heteroatoms. The standard InChI is InChI=1S/C30H26N2O7/c1-4-39-28(34)26-23-19-12-10-17(32(36)37)14-20(19)27(33)24(23)25(16-8-6-5-7-9-16)30(26)21-13-11-18(38-3)15-22(21)31(2)29(30)35/h5-15,23-26H,4H2,1-3H3. The molecule has 9 nitrogen and oxygen atoms in total. The zero-order chi connectivity index (χ0) is 27.6. The molecule has 1 heterocycles. The number of nitro groups is 1. The van der Waals surface area contributed by atoms with E-state index in [0.717, 1.165) is 5.56 Å². The van der Waals surface area contributed by atoms with Gasteiger partial charge in [0, 0.05) is 48.6 Å². The van der Waals surface area contributed by atoms with Gasteiger partial charge in [-0.15, -0.1) is 0 Å². The number of likely N-dealkylation sites (N-methyl/N-ethyl adjacent to an activating group) is 1. The Morgan fingerprint density at radius 3 is 2.46 bits per heavy atom. The number of Topliss-reactive ketones (excluding diaryl/α,β-unsaturated/α-hetero) is 1. The minimum absolute atomic E-state index is 0.0966. The van der Waals surface area contributed by atoms with Gasteiger partial charge in [-0.25, -0.2) is 0 Å². The summed E-state index contributed by atoms with van der Waals surface area (Å²) in [5, 5.41) is 11.5. The number of carbonyl (C=O) groups is 3. The van der Waals surface area contributed by atoms with E-state index in [9.17, 15) is 24.5 Å². The summed E-state index contributed by atoms with van der Waals surface area (Å²) < 4.78 is 11.0. The molecule has 5 unspecified atom stereocenters. The summed E-state index contributed by atoms with van der Waals surface area (Å²) in [5.41, 5.74) is 1.09. The van der Waals surface area contributed by atoms with E-state index < -0.39 is 40.0 Å². The molecule has 0 N–H and O–H groups in total. The zero-order valence-electron chi connectivity index (χ0n) is 21.6. The van der Waals surface area contributed by atoms with Gasteiger partial charge < -0.3 is 14.4 Å². The predicted molar refractivity (Wildman–Crippen MR) is 141 cm³/mol. The average Bonchev–Trinajstić information content (AvgIpc) is 3.49. The molecule has 1 aliphatic heterocycles. The van der Waals surface area contributed by atoms with E-state index >= 15 is 0 Å². The molecule has 0 radical (unpaired) electrons. The van der Waals surface area contributed by atoms with Crippen LogP contribution >= 0.6 is 0 Å². The van der Waals surface area contributed by atoms with Gasteiger partial charge in [0.2, 0.25) is 5.91 Å². The van der Waals surface area contributed by atoms with Crippen LogP contribution in [-0.2, 0) is 19.7 Å². The summed E-state index contributed by atoms with van der Waals surface area (Å²) in [4.78, 5) is 55.2. The van der Waals surface area contributed by atoms with E-state index in [2.05, 4.69) is 0 Å². The number of nitro benzene ring substituents is 1. The number of benzene rings is 3.